The highest BCUT2D eigenvalue weighted by Crippen LogP contribution is 2.41. The minimum atomic E-state index is -0.349. The number of likely N-dealkylation sites (N-methyl/N-ethyl adjacent to an activating group) is 1. The molecule has 3 aliphatic rings. The van der Waals surface area contributed by atoms with Gasteiger partial charge in [-0.25, -0.2) is 0 Å². The van der Waals surface area contributed by atoms with Crippen molar-refractivity contribution in [3.8, 4) is 11.5 Å². The number of methoxy groups -OCH3 is 1. The lowest BCUT2D eigenvalue weighted by Crippen LogP contribution is -2.55. The summed E-state index contributed by atoms with van der Waals surface area (Å²) in [6.07, 6.45) is 7.12. The molecule has 5 heteroatoms. The summed E-state index contributed by atoms with van der Waals surface area (Å²) in [7, 11) is 3.98. The first-order valence-electron chi connectivity index (χ1n) is 10.5. The number of hydrogen-bond acceptors (Lipinski definition) is 4. The van der Waals surface area contributed by atoms with Crippen LogP contribution in [0.1, 0.15) is 49.3 Å². The van der Waals surface area contributed by atoms with Crippen LogP contribution in [-0.4, -0.2) is 62.9 Å². The number of benzene rings is 1. The molecule has 1 aliphatic carbocycles. The summed E-state index contributed by atoms with van der Waals surface area (Å²) >= 11 is 0. The fourth-order valence-electron chi connectivity index (χ4n) is 4.90. The molecule has 1 aromatic rings. The van der Waals surface area contributed by atoms with Crippen LogP contribution in [0.5, 0.6) is 11.5 Å². The minimum Gasteiger partial charge on any atom is -0.493 e. The van der Waals surface area contributed by atoms with Crippen molar-refractivity contribution in [3.05, 3.63) is 23.3 Å². The van der Waals surface area contributed by atoms with Crippen LogP contribution in [-0.2, 0) is 6.42 Å². The Morgan fingerprint density at radius 2 is 2.04 bits per heavy atom. The quantitative estimate of drug-likeness (QED) is 0.675. The third-order valence-electron chi connectivity index (χ3n) is 6.79. The zero-order chi connectivity index (χ0) is 18.8. The molecular weight excluding hydrogens is 343 g/mol. The van der Waals surface area contributed by atoms with E-state index >= 15 is 0 Å². The van der Waals surface area contributed by atoms with Crippen molar-refractivity contribution in [3.63, 3.8) is 0 Å². The summed E-state index contributed by atoms with van der Waals surface area (Å²) in [6, 6.07) is 5.42. The van der Waals surface area contributed by atoms with Gasteiger partial charge in [0.2, 0.25) is 0 Å². The maximum atomic E-state index is 12.4. The second-order valence-electron chi connectivity index (χ2n) is 8.48. The van der Waals surface area contributed by atoms with E-state index in [1.807, 2.05) is 0 Å². The molecule has 0 unspecified atom stereocenters. The van der Waals surface area contributed by atoms with E-state index in [2.05, 4.69) is 29.0 Å². The number of hydrogen-bond donors (Lipinski definition) is 0. The van der Waals surface area contributed by atoms with E-state index in [4.69, 9.17) is 9.47 Å². The largest absolute Gasteiger partial charge is 0.493 e. The van der Waals surface area contributed by atoms with Gasteiger partial charge in [-0.2, -0.15) is 0 Å². The molecule has 1 saturated heterocycles. The van der Waals surface area contributed by atoms with Crippen molar-refractivity contribution >= 4 is 0 Å². The first kappa shape index (κ1) is 19.0. The van der Waals surface area contributed by atoms with Crippen LogP contribution in [0.3, 0.4) is 0 Å². The number of nitrogens with zero attached hydrogens (tertiary/aromatic N) is 2. The zero-order valence-corrected chi connectivity index (χ0v) is 16.8. The Bertz CT molecular complexity index is 649. The van der Waals surface area contributed by atoms with E-state index < -0.39 is 0 Å². The van der Waals surface area contributed by atoms with Crippen LogP contribution in [0.25, 0.3) is 0 Å². The maximum Gasteiger partial charge on any atom is 0.161 e. The molecule has 1 saturated carbocycles. The molecule has 2 atom stereocenters. The van der Waals surface area contributed by atoms with Gasteiger partial charge in [0.25, 0.3) is 0 Å². The second-order valence-corrected chi connectivity index (χ2v) is 8.48. The van der Waals surface area contributed by atoms with E-state index in [9.17, 15) is 4.39 Å². The standard InChI is InChI=1S/C22H33FN2O2/c1-24-15-20-19-13-21(26-2)22(27-10-4-8-23)12-17(19)7-9-25(20)14-18(24)11-16-5-3-6-16/h12-13,16,18,20H,3-11,14-15H2,1-2H3/t18-,20-/m1/s1. The molecule has 0 amide bonds. The Kier molecular flexibility index (Phi) is 5.88. The van der Waals surface area contributed by atoms with Gasteiger partial charge < -0.3 is 14.4 Å². The Morgan fingerprint density at radius 3 is 2.74 bits per heavy atom. The van der Waals surface area contributed by atoms with Crippen molar-refractivity contribution < 1.29 is 13.9 Å². The molecule has 0 aromatic heterocycles. The van der Waals surface area contributed by atoms with Crippen LogP contribution in [0.2, 0.25) is 0 Å². The molecule has 2 fully saturated rings. The fourth-order valence-corrected chi connectivity index (χ4v) is 4.90. The normalized spacial score (nSPS) is 26.2. The van der Waals surface area contributed by atoms with Crippen molar-refractivity contribution in [1.82, 2.24) is 9.80 Å². The molecule has 27 heavy (non-hydrogen) atoms. The molecule has 1 aromatic carbocycles. The monoisotopic (exact) mass is 376 g/mol. The van der Waals surface area contributed by atoms with E-state index in [-0.39, 0.29) is 6.67 Å². The van der Waals surface area contributed by atoms with Gasteiger partial charge in [-0.1, -0.05) is 19.3 Å². The molecular formula is C22H33FN2O2. The highest BCUT2D eigenvalue weighted by Gasteiger charge is 2.38. The number of rotatable bonds is 7. The first-order valence-corrected chi connectivity index (χ1v) is 10.5. The highest BCUT2D eigenvalue weighted by molar-refractivity contribution is 5.49. The van der Waals surface area contributed by atoms with Gasteiger partial charge in [0.15, 0.2) is 11.5 Å². The summed E-state index contributed by atoms with van der Waals surface area (Å²) in [5.41, 5.74) is 2.74. The van der Waals surface area contributed by atoms with E-state index in [0.29, 0.717) is 25.1 Å². The summed E-state index contributed by atoms with van der Waals surface area (Å²) in [6.45, 7) is 3.41. The lowest BCUT2D eigenvalue weighted by molar-refractivity contribution is 0.0217. The molecule has 150 valence electrons. The van der Waals surface area contributed by atoms with Crippen LogP contribution in [0.15, 0.2) is 12.1 Å². The molecule has 0 N–H and O–H groups in total. The minimum absolute atomic E-state index is 0.349. The molecule has 2 aliphatic heterocycles. The zero-order valence-electron chi connectivity index (χ0n) is 16.8. The number of alkyl halides is 1. The van der Waals surface area contributed by atoms with Gasteiger partial charge in [0.1, 0.15) is 0 Å². The summed E-state index contributed by atoms with van der Waals surface area (Å²) < 4.78 is 23.8. The molecule has 4 rings (SSSR count). The van der Waals surface area contributed by atoms with Gasteiger partial charge in [0, 0.05) is 38.1 Å². The third-order valence-corrected chi connectivity index (χ3v) is 6.79. The van der Waals surface area contributed by atoms with Crippen LogP contribution >= 0.6 is 0 Å². The van der Waals surface area contributed by atoms with Crippen molar-refractivity contribution in [2.75, 3.05) is 47.1 Å². The van der Waals surface area contributed by atoms with Crippen molar-refractivity contribution in [1.29, 1.82) is 0 Å². The number of ether oxygens (including phenoxy) is 2. The second kappa shape index (κ2) is 8.36. The molecule has 0 spiro atoms. The summed E-state index contributed by atoms with van der Waals surface area (Å²) in [4.78, 5) is 5.25. The van der Waals surface area contributed by atoms with Gasteiger partial charge in [-0.3, -0.25) is 9.29 Å². The van der Waals surface area contributed by atoms with Gasteiger partial charge in [-0.15, -0.1) is 0 Å². The first-order chi connectivity index (χ1) is 13.2. The maximum absolute atomic E-state index is 12.4. The fraction of sp³-hybridized carbons (Fsp3) is 0.727. The topological polar surface area (TPSA) is 24.9 Å². The van der Waals surface area contributed by atoms with Crippen LogP contribution in [0.4, 0.5) is 4.39 Å². The predicted octanol–water partition coefficient (Wildman–Crippen LogP) is 3.84. The Labute approximate surface area is 162 Å². The average molecular weight is 377 g/mol. The summed E-state index contributed by atoms with van der Waals surface area (Å²) in [5.74, 6) is 2.48. The number of piperazine rings is 1. The molecule has 4 nitrogen and oxygen atoms in total. The van der Waals surface area contributed by atoms with Gasteiger partial charge >= 0.3 is 0 Å². The lowest BCUT2D eigenvalue weighted by Gasteiger charge is -2.49. The van der Waals surface area contributed by atoms with Crippen LogP contribution in [0, 0.1) is 5.92 Å². The van der Waals surface area contributed by atoms with Crippen molar-refractivity contribution in [2.24, 2.45) is 5.92 Å². The molecule has 0 radical (unpaired) electrons. The predicted molar refractivity (Wildman–Crippen MR) is 105 cm³/mol. The molecule has 2 heterocycles. The van der Waals surface area contributed by atoms with E-state index in [0.717, 1.165) is 36.9 Å². The van der Waals surface area contributed by atoms with Crippen molar-refractivity contribution in [2.45, 2.75) is 50.6 Å². The van der Waals surface area contributed by atoms with Gasteiger partial charge in [-0.05, 0) is 49.1 Å². The smallest absolute Gasteiger partial charge is 0.161 e. The highest BCUT2D eigenvalue weighted by atomic mass is 19.1. The van der Waals surface area contributed by atoms with E-state index in [1.165, 1.54) is 43.4 Å². The third kappa shape index (κ3) is 3.95. The molecule has 0 bridgehead atoms. The number of halogens is 1. The SMILES string of the molecule is COc1cc2c(cc1OCCCF)CCN1C[C@@H](CC3CCC3)N(C)C[C@H]21. The van der Waals surface area contributed by atoms with Crippen LogP contribution < -0.4 is 9.47 Å². The Balaban J connectivity index is 1.50. The Hall–Kier alpha value is -1.33. The van der Waals surface area contributed by atoms with E-state index in [1.54, 1.807) is 7.11 Å². The lowest BCUT2D eigenvalue weighted by atomic mass is 9.79. The Morgan fingerprint density at radius 1 is 1.19 bits per heavy atom. The average Bonchev–Trinajstić information content (AvgIpc) is 2.64. The van der Waals surface area contributed by atoms with Gasteiger partial charge in [0.05, 0.1) is 20.4 Å². The number of fused-ring (bicyclic) bond motifs is 3. The summed E-state index contributed by atoms with van der Waals surface area (Å²) in [5, 5.41) is 0.